The van der Waals surface area contributed by atoms with E-state index >= 15 is 0 Å². The zero-order valence-corrected chi connectivity index (χ0v) is 7.33. The van der Waals surface area contributed by atoms with Crippen molar-refractivity contribution in [2.45, 2.75) is 27.7 Å². The Labute approximate surface area is 63.9 Å². The zero-order valence-electron chi connectivity index (χ0n) is 7.33. The number of hydrogen-bond donors (Lipinski definition) is 0. The van der Waals surface area contributed by atoms with Gasteiger partial charge in [0, 0.05) is 12.4 Å². The molecular weight excluding hydrogens is 122 g/mol. The van der Waals surface area contributed by atoms with Crippen LogP contribution >= 0.6 is 0 Å². The lowest BCUT2D eigenvalue weighted by Crippen LogP contribution is -2.08. The maximum Gasteiger partial charge on any atom is 0.0226 e. The van der Waals surface area contributed by atoms with Crippen LogP contribution in [-0.4, -0.2) is 6.21 Å². The van der Waals surface area contributed by atoms with Crippen LogP contribution in [0.3, 0.4) is 0 Å². The third-order valence-electron chi connectivity index (χ3n) is 1.63. The average molecular weight is 139 g/mol. The molecular formula is C9H17N. The van der Waals surface area contributed by atoms with Gasteiger partial charge >= 0.3 is 0 Å². The van der Waals surface area contributed by atoms with Gasteiger partial charge in [0.1, 0.15) is 0 Å². The standard InChI is InChI=1S/C7H11N.C2H6/c1-6-3-4-8-5-7(6)2;1-2/h3-7H,1-2H3;1-2H3. The predicted molar refractivity (Wildman–Crippen MR) is 47.3 cm³/mol. The quantitative estimate of drug-likeness (QED) is 0.489. The summed E-state index contributed by atoms with van der Waals surface area (Å²) in [6, 6.07) is 0. The Hall–Kier alpha value is -0.590. The van der Waals surface area contributed by atoms with Crippen LogP contribution < -0.4 is 0 Å². The Kier molecular flexibility index (Phi) is 4.91. The molecule has 0 aromatic rings. The third-order valence-corrected chi connectivity index (χ3v) is 1.63. The molecule has 0 amide bonds. The lowest BCUT2D eigenvalue weighted by Gasteiger charge is -2.12. The lowest BCUT2D eigenvalue weighted by atomic mass is 9.96. The molecule has 0 saturated carbocycles. The lowest BCUT2D eigenvalue weighted by molar-refractivity contribution is 0.592. The van der Waals surface area contributed by atoms with Crippen molar-refractivity contribution < 1.29 is 0 Å². The molecule has 2 atom stereocenters. The van der Waals surface area contributed by atoms with Gasteiger partial charge in [0.2, 0.25) is 0 Å². The Bertz CT molecular complexity index is 109. The summed E-state index contributed by atoms with van der Waals surface area (Å²) in [4.78, 5) is 4.00. The van der Waals surface area contributed by atoms with Crippen molar-refractivity contribution in [3.63, 3.8) is 0 Å². The first-order valence-corrected chi connectivity index (χ1v) is 4.00. The first-order valence-electron chi connectivity index (χ1n) is 4.00. The predicted octanol–water partition coefficient (Wildman–Crippen LogP) is 2.88. The molecule has 58 valence electrons. The van der Waals surface area contributed by atoms with E-state index in [0.717, 1.165) is 0 Å². The van der Waals surface area contributed by atoms with E-state index in [1.165, 1.54) is 0 Å². The Morgan fingerprint density at radius 3 is 2.00 bits per heavy atom. The van der Waals surface area contributed by atoms with Crippen LogP contribution in [0.25, 0.3) is 0 Å². The first-order chi connectivity index (χ1) is 4.80. The molecule has 0 aromatic carbocycles. The summed E-state index contributed by atoms with van der Waals surface area (Å²) in [6.07, 6.45) is 5.99. The number of rotatable bonds is 0. The fourth-order valence-electron chi connectivity index (χ4n) is 0.682. The topological polar surface area (TPSA) is 12.4 Å². The van der Waals surface area contributed by atoms with Crippen molar-refractivity contribution in [1.82, 2.24) is 0 Å². The minimum absolute atomic E-state index is 0.625. The molecule has 0 bridgehead atoms. The summed E-state index contributed by atoms with van der Waals surface area (Å²) in [5.74, 6) is 1.30. The van der Waals surface area contributed by atoms with Crippen molar-refractivity contribution in [1.29, 1.82) is 0 Å². The molecule has 0 aliphatic carbocycles. The van der Waals surface area contributed by atoms with Crippen LogP contribution in [0.4, 0.5) is 0 Å². The molecule has 2 unspecified atom stereocenters. The fourth-order valence-corrected chi connectivity index (χ4v) is 0.682. The van der Waals surface area contributed by atoms with E-state index in [1.54, 1.807) is 0 Å². The second-order valence-electron chi connectivity index (χ2n) is 2.36. The SMILES string of the molecule is CC.CC1C=CN=CC1C. The van der Waals surface area contributed by atoms with Gasteiger partial charge < -0.3 is 0 Å². The molecule has 0 radical (unpaired) electrons. The maximum absolute atomic E-state index is 4.00. The van der Waals surface area contributed by atoms with Crippen molar-refractivity contribution in [3.05, 3.63) is 12.3 Å². The largest absolute Gasteiger partial charge is 0.269 e. The maximum atomic E-state index is 4.00. The van der Waals surface area contributed by atoms with Crippen molar-refractivity contribution in [2.75, 3.05) is 0 Å². The molecule has 1 aliphatic heterocycles. The number of aliphatic imine (C=N–C) groups is 1. The Balaban J connectivity index is 0.000000371. The summed E-state index contributed by atoms with van der Waals surface area (Å²) in [5.41, 5.74) is 0. The van der Waals surface area contributed by atoms with Crippen LogP contribution in [-0.2, 0) is 0 Å². The average Bonchev–Trinajstić information content (AvgIpc) is 2.00. The van der Waals surface area contributed by atoms with Gasteiger partial charge in [0.25, 0.3) is 0 Å². The Morgan fingerprint density at radius 1 is 1.10 bits per heavy atom. The summed E-state index contributed by atoms with van der Waals surface area (Å²) in [7, 11) is 0. The van der Waals surface area contributed by atoms with Crippen LogP contribution in [0.5, 0.6) is 0 Å². The second-order valence-corrected chi connectivity index (χ2v) is 2.36. The van der Waals surface area contributed by atoms with Crippen molar-refractivity contribution >= 4 is 6.21 Å². The van der Waals surface area contributed by atoms with E-state index in [2.05, 4.69) is 24.9 Å². The molecule has 1 rings (SSSR count). The number of allylic oxidation sites excluding steroid dienone is 1. The van der Waals surface area contributed by atoms with Crippen LogP contribution in [0.1, 0.15) is 27.7 Å². The molecule has 0 aromatic heterocycles. The van der Waals surface area contributed by atoms with Crippen molar-refractivity contribution in [3.8, 4) is 0 Å². The second kappa shape index (κ2) is 5.21. The molecule has 1 heteroatoms. The highest BCUT2D eigenvalue weighted by molar-refractivity contribution is 5.62. The monoisotopic (exact) mass is 139 g/mol. The van der Waals surface area contributed by atoms with E-state index in [-0.39, 0.29) is 0 Å². The highest BCUT2D eigenvalue weighted by Gasteiger charge is 2.07. The van der Waals surface area contributed by atoms with E-state index < -0.39 is 0 Å². The smallest absolute Gasteiger partial charge is 0.0226 e. The highest BCUT2D eigenvalue weighted by atomic mass is 14.7. The summed E-state index contributed by atoms with van der Waals surface area (Å²) >= 11 is 0. The van der Waals surface area contributed by atoms with Gasteiger partial charge in [-0.15, -0.1) is 0 Å². The van der Waals surface area contributed by atoms with Crippen LogP contribution in [0.2, 0.25) is 0 Å². The minimum atomic E-state index is 0.625. The Morgan fingerprint density at radius 2 is 1.70 bits per heavy atom. The molecule has 0 N–H and O–H groups in total. The summed E-state index contributed by atoms with van der Waals surface area (Å²) in [5, 5.41) is 0. The molecule has 1 aliphatic rings. The van der Waals surface area contributed by atoms with Gasteiger partial charge in [-0.25, -0.2) is 0 Å². The van der Waals surface area contributed by atoms with E-state index in [1.807, 2.05) is 26.3 Å². The molecule has 10 heavy (non-hydrogen) atoms. The number of nitrogens with zero attached hydrogens (tertiary/aromatic N) is 1. The van der Waals surface area contributed by atoms with Gasteiger partial charge in [-0.05, 0) is 11.8 Å². The normalized spacial score (nSPS) is 29.2. The molecule has 1 heterocycles. The van der Waals surface area contributed by atoms with E-state index in [0.29, 0.717) is 11.8 Å². The van der Waals surface area contributed by atoms with Gasteiger partial charge in [0.05, 0.1) is 0 Å². The van der Waals surface area contributed by atoms with Crippen LogP contribution in [0.15, 0.2) is 17.3 Å². The molecule has 0 fully saturated rings. The molecule has 0 spiro atoms. The van der Waals surface area contributed by atoms with E-state index in [9.17, 15) is 0 Å². The zero-order chi connectivity index (χ0) is 7.98. The van der Waals surface area contributed by atoms with E-state index in [4.69, 9.17) is 0 Å². The van der Waals surface area contributed by atoms with Gasteiger partial charge in [-0.2, -0.15) is 0 Å². The first kappa shape index (κ1) is 9.41. The molecule has 1 nitrogen and oxygen atoms in total. The van der Waals surface area contributed by atoms with Crippen LogP contribution in [0, 0.1) is 11.8 Å². The highest BCUT2D eigenvalue weighted by Crippen LogP contribution is 2.12. The van der Waals surface area contributed by atoms with Gasteiger partial charge in [0.15, 0.2) is 0 Å². The minimum Gasteiger partial charge on any atom is -0.269 e. The summed E-state index contributed by atoms with van der Waals surface area (Å²) in [6.45, 7) is 8.38. The van der Waals surface area contributed by atoms with Crippen molar-refractivity contribution in [2.24, 2.45) is 16.8 Å². The van der Waals surface area contributed by atoms with Gasteiger partial charge in [-0.1, -0.05) is 33.8 Å². The summed E-state index contributed by atoms with van der Waals surface area (Å²) < 4.78 is 0. The van der Waals surface area contributed by atoms with Gasteiger partial charge in [-0.3, -0.25) is 4.99 Å². The fraction of sp³-hybridized carbons (Fsp3) is 0.667. The third kappa shape index (κ3) is 2.81. The number of hydrogen-bond acceptors (Lipinski definition) is 1. The molecule has 0 saturated heterocycles.